The Morgan fingerprint density at radius 1 is 1.50 bits per heavy atom. The van der Waals surface area contributed by atoms with Crippen LogP contribution in [-0.4, -0.2) is 13.1 Å². The average Bonchev–Trinajstić information content (AvgIpc) is 2.71. The molecule has 18 heavy (non-hydrogen) atoms. The second-order valence-electron chi connectivity index (χ2n) is 5.58. The maximum absolute atomic E-state index is 6.47. The average molecular weight is 284 g/mol. The predicted octanol–water partition coefficient (Wildman–Crippen LogP) is 4.04. The molecule has 0 amide bonds. The highest BCUT2D eigenvalue weighted by Crippen LogP contribution is 2.49. The number of benzene rings is 1. The Balaban J connectivity index is 0.00000120. The third-order valence-electron chi connectivity index (χ3n) is 4.57. The molecular weight excluding hydrogens is 265 g/mol. The van der Waals surface area contributed by atoms with Crippen molar-refractivity contribution in [3.8, 4) is 0 Å². The number of nitrogens with one attached hydrogen (secondary N) is 1. The van der Waals surface area contributed by atoms with Gasteiger partial charge in [-0.25, -0.2) is 0 Å². The van der Waals surface area contributed by atoms with Crippen molar-refractivity contribution in [2.75, 3.05) is 13.1 Å². The summed E-state index contributed by atoms with van der Waals surface area (Å²) < 4.78 is 0. The Hall–Kier alpha value is -0.500. The van der Waals surface area contributed by atoms with Crippen LogP contribution in [0, 0.1) is 5.41 Å². The van der Waals surface area contributed by atoms with E-state index in [0.717, 1.165) is 30.1 Å². The largest absolute Gasteiger partial charge is 0.316 e. The van der Waals surface area contributed by atoms with Gasteiger partial charge in [-0.05, 0) is 34.9 Å². The van der Waals surface area contributed by atoms with E-state index in [0.29, 0.717) is 11.3 Å². The maximum Gasteiger partial charge on any atom is 0.0513 e. The van der Waals surface area contributed by atoms with Crippen LogP contribution in [0.15, 0.2) is 18.7 Å². The van der Waals surface area contributed by atoms with Gasteiger partial charge in [0.25, 0.3) is 0 Å². The van der Waals surface area contributed by atoms with Crippen molar-refractivity contribution in [2.45, 2.75) is 25.7 Å². The fraction of sp³-hybridized carbons (Fsp3) is 0.467. The molecule has 3 heteroatoms. The second kappa shape index (κ2) is 4.88. The third kappa shape index (κ3) is 1.89. The zero-order chi connectivity index (χ0) is 12.0. The minimum absolute atomic E-state index is 0. The van der Waals surface area contributed by atoms with Gasteiger partial charge in [0.05, 0.1) is 5.02 Å². The standard InChI is InChI=1S/C15H18ClN.ClH/c1-3-10-4-5-11-12(14(10)16)6-7-15(2)9-17-8-13(11)15;/h3-5,13,17H,1,6-9H2,2H3;1H/t13-,15-;/m0./s1. The van der Waals surface area contributed by atoms with Crippen molar-refractivity contribution in [3.63, 3.8) is 0 Å². The van der Waals surface area contributed by atoms with Gasteiger partial charge in [0.15, 0.2) is 0 Å². The SMILES string of the molecule is C=Cc1ccc2c(c1Cl)CC[C@@]1(C)CNC[C@@H]21.Cl. The summed E-state index contributed by atoms with van der Waals surface area (Å²) in [6.45, 7) is 8.45. The van der Waals surface area contributed by atoms with Crippen LogP contribution in [0.5, 0.6) is 0 Å². The van der Waals surface area contributed by atoms with Crippen LogP contribution in [0.1, 0.15) is 36.0 Å². The molecule has 98 valence electrons. The highest BCUT2D eigenvalue weighted by atomic mass is 35.5. The molecule has 0 bridgehead atoms. The Morgan fingerprint density at radius 3 is 3.00 bits per heavy atom. The van der Waals surface area contributed by atoms with E-state index < -0.39 is 0 Å². The van der Waals surface area contributed by atoms with Gasteiger partial charge in [0.1, 0.15) is 0 Å². The number of fused-ring (bicyclic) bond motifs is 3. The topological polar surface area (TPSA) is 12.0 Å². The summed E-state index contributed by atoms with van der Waals surface area (Å²) in [7, 11) is 0. The third-order valence-corrected chi connectivity index (χ3v) is 5.02. The van der Waals surface area contributed by atoms with Crippen molar-refractivity contribution in [1.29, 1.82) is 0 Å². The number of halogens is 2. The van der Waals surface area contributed by atoms with Gasteiger partial charge >= 0.3 is 0 Å². The molecular formula is C15H19Cl2N. The summed E-state index contributed by atoms with van der Waals surface area (Å²) in [5.41, 5.74) is 4.31. The van der Waals surface area contributed by atoms with E-state index in [2.05, 4.69) is 31.0 Å². The van der Waals surface area contributed by atoms with Gasteiger partial charge in [-0.1, -0.05) is 43.3 Å². The number of hydrogen-bond acceptors (Lipinski definition) is 1. The molecule has 1 aliphatic carbocycles. The van der Waals surface area contributed by atoms with Crippen molar-refractivity contribution >= 4 is 30.1 Å². The summed E-state index contributed by atoms with van der Waals surface area (Å²) in [5, 5.41) is 4.45. The Bertz CT molecular complexity index is 484. The van der Waals surface area contributed by atoms with Crippen LogP contribution in [0.2, 0.25) is 5.02 Å². The van der Waals surface area contributed by atoms with Crippen LogP contribution < -0.4 is 5.32 Å². The molecule has 1 aromatic rings. The molecule has 2 aliphatic rings. The number of hydrogen-bond donors (Lipinski definition) is 1. The lowest BCUT2D eigenvalue weighted by molar-refractivity contribution is 0.277. The van der Waals surface area contributed by atoms with Crippen LogP contribution >= 0.6 is 24.0 Å². The van der Waals surface area contributed by atoms with E-state index in [1.807, 2.05) is 6.08 Å². The fourth-order valence-electron chi connectivity index (χ4n) is 3.42. The summed E-state index contributed by atoms with van der Waals surface area (Å²) in [4.78, 5) is 0. The zero-order valence-corrected chi connectivity index (χ0v) is 12.2. The minimum Gasteiger partial charge on any atom is -0.316 e. The molecule has 1 fully saturated rings. The van der Waals surface area contributed by atoms with Crippen molar-refractivity contribution in [1.82, 2.24) is 5.32 Å². The molecule has 1 aromatic carbocycles. The van der Waals surface area contributed by atoms with E-state index in [1.54, 1.807) is 0 Å². The van der Waals surface area contributed by atoms with Crippen molar-refractivity contribution < 1.29 is 0 Å². The van der Waals surface area contributed by atoms with Crippen LogP contribution in [0.25, 0.3) is 6.08 Å². The summed E-state index contributed by atoms with van der Waals surface area (Å²) in [6.07, 6.45) is 4.19. The van der Waals surface area contributed by atoms with E-state index in [-0.39, 0.29) is 12.4 Å². The number of rotatable bonds is 1. The molecule has 1 heterocycles. The molecule has 1 saturated heterocycles. The van der Waals surface area contributed by atoms with Crippen LogP contribution in [-0.2, 0) is 6.42 Å². The molecule has 3 rings (SSSR count). The predicted molar refractivity (Wildman–Crippen MR) is 80.8 cm³/mol. The highest BCUT2D eigenvalue weighted by molar-refractivity contribution is 6.33. The molecule has 1 nitrogen and oxygen atoms in total. The van der Waals surface area contributed by atoms with Crippen molar-refractivity contribution in [2.24, 2.45) is 5.41 Å². The van der Waals surface area contributed by atoms with Crippen molar-refractivity contribution in [3.05, 3.63) is 40.4 Å². The first kappa shape index (κ1) is 13.9. The monoisotopic (exact) mass is 283 g/mol. The molecule has 0 radical (unpaired) electrons. The lowest BCUT2D eigenvalue weighted by Crippen LogP contribution is -2.30. The normalized spacial score (nSPS) is 29.1. The quantitative estimate of drug-likeness (QED) is 0.820. The fourth-order valence-corrected chi connectivity index (χ4v) is 3.77. The van der Waals surface area contributed by atoms with Crippen LogP contribution in [0.4, 0.5) is 0 Å². The molecule has 0 unspecified atom stereocenters. The Labute approximate surface area is 120 Å². The van der Waals surface area contributed by atoms with Crippen LogP contribution in [0.3, 0.4) is 0 Å². The van der Waals surface area contributed by atoms with Gasteiger partial charge in [-0.15, -0.1) is 12.4 Å². The molecule has 1 N–H and O–H groups in total. The lowest BCUT2D eigenvalue weighted by atomic mass is 9.67. The van der Waals surface area contributed by atoms with Gasteiger partial charge < -0.3 is 5.32 Å². The van der Waals surface area contributed by atoms with Gasteiger partial charge in [-0.3, -0.25) is 0 Å². The molecule has 2 atom stereocenters. The van der Waals surface area contributed by atoms with E-state index in [1.165, 1.54) is 17.5 Å². The van der Waals surface area contributed by atoms with Gasteiger partial charge in [-0.2, -0.15) is 0 Å². The van der Waals surface area contributed by atoms with E-state index in [4.69, 9.17) is 11.6 Å². The molecule has 0 saturated carbocycles. The smallest absolute Gasteiger partial charge is 0.0513 e. The summed E-state index contributed by atoms with van der Waals surface area (Å²) in [5.74, 6) is 0.627. The van der Waals surface area contributed by atoms with E-state index >= 15 is 0 Å². The summed E-state index contributed by atoms with van der Waals surface area (Å²) in [6, 6.07) is 4.37. The Kier molecular flexibility index (Phi) is 3.77. The molecule has 0 aromatic heterocycles. The second-order valence-corrected chi connectivity index (χ2v) is 5.96. The maximum atomic E-state index is 6.47. The molecule has 1 aliphatic heterocycles. The first-order chi connectivity index (χ1) is 8.15. The minimum atomic E-state index is 0. The molecule has 0 spiro atoms. The first-order valence-corrected chi connectivity index (χ1v) is 6.68. The van der Waals surface area contributed by atoms with E-state index in [9.17, 15) is 0 Å². The van der Waals surface area contributed by atoms with Gasteiger partial charge in [0, 0.05) is 19.0 Å². The summed E-state index contributed by atoms with van der Waals surface area (Å²) >= 11 is 6.47. The van der Waals surface area contributed by atoms with Gasteiger partial charge in [0.2, 0.25) is 0 Å². The first-order valence-electron chi connectivity index (χ1n) is 6.30. The highest BCUT2D eigenvalue weighted by Gasteiger charge is 2.43. The zero-order valence-electron chi connectivity index (χ0n) is 10.6. The lowest BCUT2D eigenvalue weighted by Gasteiger charge is -2.37. The Morgan fingerprint density at radius 2 is 2.28 bits per heavy atom.